The summed E-state index contributed by atoms with van der Waals surface area (Å²) in [7, 11) is 0. The number of nitrogens with zero attached hydrogens (tertiary/aromatic N) is 2. The van der Waals surface area contributed by atoms with Gasteiger partial charge in [-0.15, -0.1) is 0 Å². The summed E-state index contributed by atoms with van der Waals surface area (Å²) < 4.78 is 5.81. The minimum absolute atomic E-state index is 0.249. The SMILES string of the molecule is O[C@]1(COc2ccc(Cl)c(Cl)c2)CCCN(Cc2ccc3nc[nH]c3c2)CC1. The van der Waals surface area contributed by atoms with E-state index in [1.807, 2.05) is 6.07 Å². The Morgan fingerprint density at radius 1 is 1.11 bits per heavy atom. The van der Waals surface area contributed by atoms with Gasteiger partial charge in [0, 0.05) is 19.2 Å². The fourth-order valence-corrected chi connectivity index (χ4v) is 3.95. The summed E-state index contributed by atoms with van der Waals surface area (Å²) in [4.78, 5) is 9.81. The second-order valence-electron chi connectivity index (χ2n) is 7.47. The molecule has 0 amide bonds. The molecule has 2 N–H and O–H groups in total. The number of hydrogen-bond acceptors (Lipinski definition) is 4. The Balaban J connectivity index is 1.34. The van der Waals surface area contributed by atoms with E-state index in [1.54, 1.807) is 24.5 Å². The van der Waals surface area contributed by atoms with Gasteiger partial charge in [-0.25, -0.2) is 4.98 Å². The zero-order valence-electron chi connectivity index (χ0n) is 15.5. The van der Waals surface area contributed by atoms with Gasteiger partial charge < -0.3 is 14.8 Å². The van der Waals surface area contributed by atoms with Gasteiger partial charge >= 0.3 is 0 Å². The number of imidazole rings is 1. The number of aromatic nitrogens is 2. The van der Waals surface area contributed by atoms with Crippen molar-refractivity contribution in [1.82, 2.24) is 14.9 Å². The monoisotopic (exact) mass is 419 g/mol. The predicted octanol–water partition coefficient (Wildman–Crippen LogP) is 4.67. The van der Waals surface area contributed by atoms with Crippen molar-refractivity contribution >= 4 is 34.2 Å². The smallest absolute Gasteiger partial charge is 0.121 e. The van der Waals surface area contributed by atoms with E-state index in [4.69, 9.17) is 27.9 Å². The van der Waals surface area contributed by atoms with Crippen LogP contribution in [0.4, 0.5) is 0 Å². The van der Waals surface area contributed by atoms with Crippen LogP contribution in [0.15, 0.2) is 42.7 Å². The lowest BCUT2D eigenvalue weighted by atomic mass is 9.96. The van der Waals surface area contributed by atoms with Gasteiger partial charge in [0.1, 0.15) is 12.4 Å². The maximum atomic E-state index is 11.0. The van der Waals surface area contributed by atoms with Crippen LogP contribution >= 0.6 is 23.2 Å². The minimum Gasteiger partial charge on any atom is -0.491 e. The Morgan fingerprint density at radius 3 is 2.86 bits per heavy atom. The van der Waals surface area contributed by atoms with Gasteiger partial charge in [0.25, 0.3) is 0 Å². The van der Waals surface area contributed by atoms with Crippen LogP contribution in [0.2, 0.25) is 10.0 Å². The molecule has 5 nitrogen and oxygen atoms in total. The first-order valence-electron chi connectivity index (χ1n) is 9.45. The highest BCUT2D eigenvalue weighted by Gasteiger charge is 2.31. The molecule has 3 aromatic rings. The van der Waals surface area contributed by atoms with Crippen molar-refractivity contribution in [3.8, 4) is 5.75 Å². The fraction of sp³-hybridized carbons (Fsp3) is 0.381. The van der Waals surface area contributed by atoms with Crippen LogP contribution in [0.1, 0.15) is 24.8 Å². The molecule has 148 valence electrons. The van der Waals surface area contributed by atoms with E-state index >= 15 is 0 Å². The normalized spacial score (nSPS) is 21.0. The van der Waals surface area contributed by atoms with Crippen LogP contribution in [0.25, 0.3) is 11.0 Å². The molecule has 1 atom stereocenters. The highest BCUT2D eigenvalue weighted by Crippen LogP contribution is 2.29. The third kappa shape index (κ3) is 4.61. The molecule has 1 aliphatic heterocycles. The van der Waals surface area contributed by atoms with Crippen LogP contribution in [-0.4, -0.2) is 45.3 Å². The first-order valence-corrected chi connectivity index (χ1v) is 10.2. The van der Waals surface area contributed by atoms with E-state index in [0.717, 1.165) is 37.1 Å². The van der Waals surface area contributed by atoms with Crippen molar-refractivity contribution in [3.05, 3.63) is 58.3 Å². The summed E-state index contributed by atoms with van der Waals surface area (Å²) in [5.41, 5.74) is 2.44. The largest absolute Gasteiger partial charge is 0.491 e. The number of ether oxygens (including phenoxy) is 1. The van der Waals surface area contributed by atoms with Gasteiger partial charge in [0.2, 0.25) is 0 Å². The van der Waals surface area contributed by atoms with E-state index in [9.17, 15) is 5.11 Å². The molecule has 2 heterocycles. The number of aromatic amines is 1. The van der Waals surface area contributed by atoms with Gasteiger partial charge in [0.15, 0.2) is 0 Å². The summed E-state index contributed by atoms with van der Waals surface area (Å²) in [5, 5.41) is 12.0. The predicted molar refractivity (Wildman–Crippen MR) is 112 cm³/mol. The molecule has 0 saturated carbocycles. The van der Waals surface area contributed by atoms with E-state index in [0.29, 0.717) is 28.6 Å². The third-order valence-electron chi connectivity index (χ3n) is 5.30. The second kappa shape index (κ2) is 8.29. The number of benzene rings is 2. The lowest BCUT2D eigenvalue weighted by molar-refractivity contribution is -0.0168. The number of H-pyrrole nitrogens is 1. The van der Waals surface area contributed by atoms with Gasteiger partial charge in [-0.05, 0) is 55.6 Å². The molecule has 0 radical (unpaired) electrons. The Morgan fingerprint density at radius 2 is 2.00 bits per heavy atom. The Labute approximate surface area is 174 Å². The highest BCUT2D eigenvalue weighted by atomic mass is 35.5. The average Bonchev–Trinajstić information content (AvgIpc) is 3.07. The van der Waals surface area contributed by atoms with E-state index in [2.05, 4.69) is 27.0 Å². The van der Waals surface area contributed by atoms with Crippen molar-refractivity contribution in [2.75, 3.05) is 19.7 Å². The van der Waals surface area contributed by atoms with Gasteiger partial charge in [-0.2, -0.15) is 0 Å². The van der Waals surface area contributed by atoms with E-state index in [-0.39, 0.29) is 6.61 Å². The van der Waals surface area contributed by atoms with Gasteiger partial charge in [-0.3, -0.25) is 4.90 Å². The summed E-state index contributed by atoms with van der Waals surface area (Å²) in [6.07, 6.45) is 4.02. The molecule has 1 fully saturated rings. The average molecular weight is 420 g/mol. The van der Waals surface area contributed by atoms with Crippen LogP contribution in [0, 0.1) is 0 Å². The lowest BCUT2D eigenvalue weighted by Gasteiger charge is -2.27. The molecular formula is C21H23Cl2N3O2. The zero-order chi connectivity index (χ0) is 19.6. The molecule has 28 heavy (non-hydrogen) atoms. The fourth-order valence-electron chi connectivity index (χ4n) is 3.66. The molecule has 2 aromatic carbocycles. The molecule has 0 spiro atoms. The molecule has 7 heteroatoms. The summed E-state index contributed by atoms with van der Waals surface area (Å²) in [6.45, 7) is 2.88. The summed E-state index contributed by atoms with van der Waals surface area (Å²) in [6, 6.07) is 11.5. The van der Waals surface area contributed by atoms with E-state index in [1.165, 1.54) is 5.56 Å². The van der Waals surface area contributed by atoms with Crippen LogP contribution in [0.5, 0.6) is 5.75 Å². The highest BCUT2D eigenvalue weighted by molar-refractivity contribution is 6.42. The topological polar surface area (TPSA) is 61.4 Å². The number of hydrogen-bond donors (Lipinski definition) is 2. The molecular weight excluding hydrogens is 397 g/mol. The Bertz CT molecular complexity index is 962. The molecule has 0 aliphatic carbocycles. The first kappa shape index (κ1) is 19.5. The van der Waals surface area contributed by atoms with Crippen molar-refractivity contribution < 1.29 is 9.84 Å². The minimum atomic E-state index is -0.839. The molecule has 4 rings (SSSR count). The molecule has 0 bridgehead atoms. The van der Waals surface area contributed by atoms with Crippen LogP contribution in [-0.2, 0) is 6.54 Å². The van der Waals surface area contributed by atoms with Gasteiger partial charge in [0.05, 0.1) is 33.0 Å². The van der Waals surface area contributed by atoms with Crippen molar-refractivity contribution in [2.45, 2.75) is 31.4 Å². The Hall–Kier alpha value is -1.79. The number of likely N-dealkylation sites (tertiary alicyclic amines) is 1. The quantitative estimate of drug-likeness (QED) is 0.630. The standard InChI is InChI=1S/C21H23Cl2N3O2/c22-17-4-3-16(11-18(17)23)28-13-21(27)6-1-8-26(9-7-21)12-15-2-5-19-20(10-15)25-14-24-19/h2-5,10-11,14,27H,1,6-9,12-13H2,(H,24,25)/t21-/m1/s1. The van der Waals surface area contributed by atoms with Gasteiger partial charge in [-0.1, -0.05) is 29.3 Å². The zero-order valence-corrected chi connectivity index (χ0v) is 17.0. The number of fused-ring (bicyclic) bond motifs is 1. The van der Waals surface area contributed by atoms with Crippen molar-refractivity contribution in [3.63, 3.8) is 0 Å². The lowest BCUT2D eigenvalue weighted by Crippen LogP contribution is -2.37. The molecule has 1 saturated heterocycles. The number of halogens is 2. The molecule has 1 aliphatic rings. The van der Waals surface area contributed by atoms with Crippen LogP contribution in [0.3, 0.4) is 0 Å². The second-order valence-corrected chi connectivity index (χ2v) is 8.29. The summed E-state index contributed by atoms with van der Waals surface area (Å²) in [5.74, 6) is 0.622. The summed E-state index contributed by atoms with van der Waals surface area (Å²) >= 11 is 12.0. The molecule has 0 unspecified atom stereocenters. The van der Waals surface area contributed by atoms with Crippen LogP contribution < -0.4 is 4.74 Å². The Kier molecular flexibility index (Phi) is 5.78. The van der Waals surface area contributed by atoms with E-state index < -0.39 is 5.60 Å². The number of nitrogens with one attached hydrogen (secondary N) is 1. The maximum absolute atomic E-state index is 11.0. The first-order chi connectivity index (χ1) is 13.5. The maximum Gasteiger partial charge on any atom is 0.121 e. The third-order valence-corrected chi connectivity index (χ3v) is 6.04. The number of rotatable bonds is 5. The van der Waals surface area contributed by atoms with Crippen molar-refractivity contribution in [2.24, 2.45) is 0 Å². The van der Waals surface area contributed by atoms with Crippen molar-refractivity contribution in [1.29, 1.82) is 0 Å². The molecule has 1 aromatic heterocycles. The number of aliphatic hydroxyl groups is 1.